The molecule has 0 aromatic carbocycles. The molecule has 0 bridgehead atoms. The van der Waals surface area contributed by atoms with Crippen LogP contribution in [0.2, 0.25) is 0 Å². The Morgan fingerprint density at radius 1 is 1.28 bits per heavy atom. The van der Waals surface area contributed by atoms with Crippen molar-refractivity contribution >= 4 is 11.9 Å². The van der Waals surface area contributed by atoms with Crippen LogP contribution in [0.15, 0.2) is 4.99 Å². The number of amides is 1. The van der Waals surface area contributed by atoms with Crippen molar-refractivity contribution in [2.45, 2.75) is 40.2 Å². The molecule has 2 unspecified atom stereocenters. The zero-order valence-electron chi connectivity index (χ0n) is 12.1. The number of guanidine groups is 1. The standard InChI is InChI=1S/C13H26N4O/c1-9-8-10(9)17-12(14-5)16-7-6-15-11(18)13(2,3)4/h9-10H,6-8H2,1-5H3,(H,15,18)(H2,14,16,17). The van der Waals surface area contributed by atoms with Gasteiger partial charge in [0.25, 0.3) is 0 Å². The molecule has 0 aliphatic heterocycles. The average Bonchev–Trinajstić information content (AvgIpc) is 2.97. The molecule has 0 heterocycles. The molecule has 1 amide bonds. The van der Waals surface area contributed by atoms with Gasteiger partial charge in [-0.05, 0) is 12.3 Å². The Bertz CT molecular complexity index is 319. The van der Waals surface area contributed by atoms with Crippen LogP contribution in [0.4, 0.5) is 0 Å². The summed E-state index contributed by atoms with van der Waals surface area (Å²) in [5, 5.41) is 9.42. The van der Waals surface area contributed by atoms with Gasteiger partial charge in [-0.2, -0.15) is 0 Å². The Hall–Kier alpha value is -1.26. The van der Waals surface area contributed by atoms with E-state index in [1.165, 1.54) is 6.42 Å². The number of nitrogens with one attached hydrogen (secondary N) is 3. The molecule has 1 aliphatic rings. The number of nitrogens with zero attached hydrogens (tertiary/aromatic N) is 1. The number of rotatable bonds is 4. The van der Waals surface area contributed by atoms with Crippen LogP contribution in [0.5, 0.6) is 0 Å². The first-order valence-corrected chi connectivity index (χ1v) is 6.60. The molecule has 0 radical (unpaired) electrons. The minimum absolute atomic E-state index is 0.0723. The Balaban J connectivity index is 2.14. The first-order valence-electron chi connectivity index (χ1n) is 6.60. The summed E-state index contributed by atoms with van der Waals surface area (Å²) in [5.74, 6) is 1.63. The molecule has 1 saturated carbocycles. The van der Waals surface area contributed by atoms with E-state index in [2.05, 4.69) is 27.9 Å². The maximum Gasteiger partial charge on any atom is 0.225 e. The molecule has 3 N–H and O–H groups in total. The number of hydrogen-bond donors (Lipinski definition) is 3. The van der Waals surface area contributed by atoms with E-state index in [1.54, 1.807) is 7.05 Å². The summed E-state index contributed by atoms with van der Waals surface area (Å²) in [5.41, 5.74) is -0.330. The van der Waals surface area contributed by atoms with Gasteiger partial charge in [0.2, 0.25) is 5.91 Å². The summed E-state index contributed by atoms with van der Waals surface area (Å²) in [6.07, 6.45) is 1.21. The summed E-state index contributed by atoms with van der Waals surface area (Å²) in [7, 11) is 1.76. The van der Waals surface area contributed by atoms with Crippen molar-refractivity contribution in [1.82, 2.24) is 16.0 Å². The van der Waals surface area contributed by atoms with E-state index in [0.29, 0.717) is 19.1 Å². The van der Waals surface area contributed by atoms with Gasteiger partial charge in [0, 0.05) is 31.6 Å². The second-order valence-electron chi connectivity index (χ2n) is 5.97. The molecule has 104 valence electrons. The molecule has 5 nitrogen and oxygen atoms in total. The minimum atomic E-state index is -0.330. The van der Waals surface area contributed by atoms with E-state index in [9.17, 15) is 4.79 Å². The molecule has 18 heavy (non-hydrogen) atoms. The summed E-state index contributed by atoms with van der Waals surface area (Å²) < 4.78 is 0. The molecular formula is C13H26N4O. The molecule has 5 heteroatoms. The lowest BCUT2D eigenvalue weighted by Crippen LogP contribution is -2.44. The van der Waals surface area contributed by atoms with Gasteiger partial charge < -0.3 is 16.0 Å². The molecular weight excluding hydrogens is 228 g/mol. The molecule has 1 fully saturated rings. The van der Waals surface area contributed by atoms with Crippen LogP contribution >= 0.6 is 0 Å². The van der Waals surface area contributed by atoms with E-state index >= 15 is 0 Å². The SMILES string of the molecule is CN=C(NCCNC(=O)C(C)(C)C)NC1CC1C. The maximum absolute atomic E-state index is 11.6. The van der Waals surface area contributed by atoms with Crippen LogP contribution in [0.25, 0.3) is 0 Å². The third-order valence-electron chi connectivity index (χ3n) is 3.04. The van der Waals surface area contributed by atoms with E-state index < -0.39 is 0 Å². The lowest BCUT2D eigenvalue weighted by Gasteiger charge is -2.18. The van der Waals surface area contributed by atoms with Crippen LogP contribution in [-0.4, -0.2) is 38.0 Å². The van der Waals surface area contributed by atoms with E-state index in [1.807, 2.05) is 20.8 Å². The Morgan fingerprint density at radius 3 is 2.28 bits per heavy atom. The molecule has 0 aromatic rings. The fraction of sp³-hybridized carbons (Fsp3) is 0.846. The van der Waals surface area contributed by atoms with Crippen molar-refractivity contribution < 1.29 is 4.79 Å². The second-order valence-corrected chi connectivity index (χ2v) is 5.97. The monoisotopic (exact) mass is 254 g/mol. The molecule has 0 aromatic heterocycles. The second kappa shape index (κ2) is 6.07. The van der Waals surface area contributed by atoms with Gasteiger partial charge in [0.1, 0.15) is 0 Å². The highest BCUT2D eigenvalue weighted by Crippen LogP contribution is 2.28. The first-order chi connectivity index (χ1) is 8.34. The first kappa shape index (κ1) is 14.8. The quantitative estimate of drug-likeness (QED) is 0.393. The topological polar surface area (TPSA) is 65.5 Å². The van der Waals surface area contributed by atoms with Gasteiger partial charge in [-0.25, -0.2) is 0 Å². The van der Waals surface area contributed by atoms with Crippen LogP contribution in [0, 0.1) is 11.3 Å². The maximum atomic E-state index is 11.6. The van der Waals surface area contributed by atoms with Crippen molar-refractivity contribution in [2.24, 2.45) is 16.3 Å². The lowest BCUT2D eigenvalue weighted by atomic mass is 9.96. The number of aliphatic imine (C=N–C) groups is 1. The van der Waals surface area contributed by atoms with Crippen LogP contribution < -0.4 is 16.0 Å². The Labute approximate surface area is 110 Å². The summed E-state index contributed by atoms with van der Waals surface area (Å²) in [6.45, 7) is 9.23. The van der Waals surface area contributed by atoms with Crippen LogP contribution in [0.1, 0.15) is 34.1 Å². The van der Waals surface area contributed by atoms with Crippen LogP contribution in [0.3, 0.4) is 0 Å². The van der Waals surface area contributed by atoms with Crippen molar-refractivity contribution in [1.29, 1.82) is 0 Å². The highest BCUT2D eigenvalue weighted by atomic mass is 16.2. The Kier molecular flexibility index (Phi) is 4.99. The summed E-state index contributed by atoms with van der Waals surface area (Å²) in [6, 6.07) is 0.556. The van der Waals surface area contributed by atoms with Gasteiger partial charge in [-0.15, -0.1) is 0 Å². The third-order valence-corrected chi connectivity index (χ3v) is 3.04. The van der Waals surface area contributed by atoms with E-state index in [0.717, 1.165) is 11.9 Å². The summed E-state index contributed by atoms with van der Waals surface area (Å²) in [4.78, 5) is 15.8. The fourth-order valence-electron chi connectivity index (χ4n) is 1.52. The molecule has 0 saturated heterocycles. The largest absolute Gasteiger partial charge is 0.355 e. The van der Waals surface area contributed by atoms with Crippen LogP contribution in [-0.2, 0) is 4.79 Å². The third kappa shape index (κ3) is 4.94. The highest BCUT2D eigenvalue weighted by Gasteiger charge is 2.33. The van der Waals surface area contributed by atoms with Crippen molar-refractivity contribution in [2.75, 3.05) is 20.1 Å². The zero-order chi connectivity index (χ0) is 13.8. The number of carbonyl (C=O) groups is 1. The number of hydrogen-bond acceptors (Lipinski definition) is 2. The van der Waals surface area contributed by atoms with Gasteiger partial charge in [-0.3, -0.25) is 9.79 Å². The summed E-state index contributed by atoms with van der Waals surface area (Å²) >= 11 is 0. The smallest absolute Gasteiger partial charge is 0.225 e. The number of carbonyl (C=O) groups excluding carboxylic acids is 1. The predicted molar refractivity (Wildman–Crippen MR) is 74.5 cm³/mol. The van der Waals surface area contributed by atoms with Crippen molar-refractivity contribution in [3.63, 3.8) is 0 Å². The molecule has 1 aliphatic carbocycles. The van der Waals surface area contributed by atoms with Gasteiger partial charge >= 0.3 is 0 Å². The normalized spacial score (nSPS) is 23.5. The van der Waals surface area contributed by atoms with Gasteiger partial charge in [0.15, 0.2) is 5.96 Å². The van der Waals surface area contributed by atoms with Gasteiger partial charge in [0.05, 0.1) is 0 Å². The van der Waals surface area contributed by atoms with E-state index in [4.69, 9.17) is 0 Å². The van der Waals surface area contributed by atoms with Crippen molar-refractivity contribution in [3.05, 3.63) is 0 Å². The highest BCUT2D eigenvalue weighted by molar-refractivity contribution is 5.82. The zero-order valence-corrected chi connectivity index (χ0v) is 12.1. The molecule has 2 atom stereocenters. The molecule has 1 rings (SSSR count). The fourth-order valence-corrected chi connectivity index (χ4v) is 1.52. The predicted octanol–water partition coefficient (Wildman–Crippen LogP) is 0.722. The minimum Gasteiger partial charge on any atom is -0.355 e. The molecule has 0 spiro atoms. The average molecular weight is 254 g/mol. The van der Waals surface area contributed by atoms with Crippen molar-refractivity contribution in [3.8, 4) is 0 Å². The van der Waals surface area contributed by atoms with Gasteiger partial charge in [-0.1, -0.05) is 27.7 Å². The lowest BCUT2D eigenvalue weighted by molar-refractivity contribution is -0.128. The Morgan fingerprint density at radius 2 is 1.83 bits per heavy atom. The van der Waals surface area contributed by atoms with E-state index in [-0.39, 0.29) is 11.3 Å².